The van der Waals surface area contributed by atoms with E-state index >= 15 is 0 Å². The first-order valence-corrected chi connectivity index (χ1v) is 15.5. The van der Waals surface area contributed by atoms with Gasteiger partial charge >= 0.3 is 0 Å². The number of hydrogen-bond donors (Lipinski definition) is 2. The van der Waals surface area contributed by atoms with Crippen LogP contribution in [0.5, 0.6) is 0 Å². The van der Waals surface area contributed by atoms with Gasteiger partial charge in [0.2, 0.25) is 5.95 Å². The van der Waals surface area contributed by atoms with Crippen molar-refractivity contribution in [2.24, 2.45) is 0 Å². The second-order valence-electron chi connectivity index (χ2n) is 9.49. The molecule has 1 saturated heterocycles. The Balaban J connectivity index is 1.43. The van der Waals surface area contributed by atoms with Gasteiger partial charge in [-0.15, -0.1) is 11.3 Å². The average Bonchev–Trinajstić information content (AvgIpc) is 3.45. The third-order valence-corrected chi connectivity index (χ3v) is 9.13. The number of aryl methyl sites for hydroxylation is 1. The average molecular weight is 510 g/mol. The molecule has 4 heterocycles. The van der Waals surface area contributed by atoms with Crippen LogP contribution in [-0.2, 0) is 4.57 Å². The number of rotatable bonds is 7. The van der Waals surface area contributed by atoms with Crippen molar-refractivity contribution in [2.45, 2.75) is 32.7 Å². The molecule has 5 rings (SSSR count). The zero-order chi connectivity index (χ0) is 24.6. The minimum Gasteiger partial charge on any atom is -0.339 e. The standard InChI is InChI=1S/C25H32N7OPS/c1-5-31-12-10-19(11-13-31)32-15-18(14-26-32)27-25-29-23(22-17(2)16-35-24(22)30-25)28-20-8-6-7-9-21(20)34(3,4)33/h6-9,14-16,19H,5,10-13H2,1-4H3,(H2,27,28,29,30). The molecule has 8 nitrogen and oxygen atoms in total. The summed E-state index contributed by atoms with van der Waals surface area (Å²) in [6.45, 7) is 11.2. The minimum absolute atomic E-state index is 0.421. The van der Waals surface area contributed by atoms with E-state index in [4.69, 9.17) is 9.97 Å². The van der Waals surface area contributed by atoms with Gasteiger partial charge in [-0.05, 0) is 62.7 Å². The normalized spacial score (nSPS) is 15.5. The Morgan fingerprint density at radius 1 is 1.14 bits per heavy atom. The van der Waals surface area contributed by atoms with Crippen molar-refractivity contribution in [1.82, 2.24) is 24.6 Å². The number of aromatic nitrogens is 4. The van der Waals surface area contributed by atoms with E-state index in [-0.39, 0.29) is 0 Å². The monoisotopic (exact) mass is 509 g/mol. The molecule has 0 bridgehead atoms. The Labute approximate surface area is 210 Å². The van der Waals surface area contributed by atoms with Crippen molar-refractivity contribution in [1.29, 1.82) is 0 Å². The fraction of sp³-hybridized carbons (Fsp3) is 0.400. The van der Waals surface area contributed by atoms with Gasteiger partial charge in [0, 0.05) is 24.6 Å². The molecule has 0 unspecified atom stereocenters. The molecule has 0 atom stereocenters. The van der Waals surface area contributed by atoms with Crippen LogP contribution in [-0.4, -0.2) is 57.6 Å². The second kappa shape index (κ2) is 9.72. The third-order valence-electron chi connectivity index (χ3n) is 6.59. The van der Waals surface area contributed by atoms with Crippen molar-refractivity contribution in [3.8, 4) is 0 Å². The maximum Gasteiger partial charge on any atom is 0.230 e. The number of piperidine rings is 1. The van der Waals surface area contributed by atoms with E-state index in [0.29, 0.717) is 17.8 Å². The van der Waals surface area contributed by atoms with E-state index in [1.165, 1.54) is 0 Å². The Morgan fingerprint density at radius 2 is 1.91 bits per heavy atom. The number of thiophene rings is 1. The lowest BCUT2D eigenvalue weighted by atomic mass is 10.1. The Hall–Kier alpha value is -2.74. The summed E-state index contributed by atoms with van der Waals surface area (Å²) in [5, 5.41) is 15.3. The summed E-state index contributed by atoms with van der Waals surface area (Å²) in [7, 11) is -2.47. The lowest BCUT2D eigenvalue weighted by molar-refractivity contribution is 0.187. The summed E-state index contributed by atoms with van der Waals surface area (Å²) in [5.41, 5.74) is 2.79. The highest BCUT2D eigenvalue weighted by Gasteiger charge is 2.21. The van der Waals surface area contributed by atoms with E-state index < -0.39 is 7.14 Å². The van der Waals surface area contributed by atoms with Crippen LogP contribution in [0.25, 0.3) is 10.2 Å². The first-order valence-electron chi connectivity index (χ1n) is 12.0. The summed E-state index contributed by atoms with van der Waals surface area (Å²) in [5.74, 6) is 1.22. The van der Waals surface area contributed by atoms with Gasteiger partial charge in [-0.1, -0.05) is 19.1 Å². The van der Waals surface area contributed by atoms with Crippen molar-refractivity contribution in [2.75, 3.05) is 43.6 Å². The zero-order valence-electron chi connectivity index (χ0n) is 20.7. The van der Waals surface area contributed by atoms with Crippen molar-refractivity contribution >= 4 is 57.1 Å². The van der Waals surface area contributed by atoms with E-state index in [2.05, 4.69) is 44.5 Å². The van der Waals surface area contributed by atoms with Gasteiger partial charge in [-0.25, -0.2) is 4.98 Å². The second-order valence-corrected chi connectivity index (χ2v) is 13.5. The van der Waals surface area contributed by atoms with Crippen molar-refractivity contribution in [3.05, 3.63) is 47.6 Å². The molecule has 1 aliphatic rings. The lowest BCUT2D eigenvalue weighted by Gasteiger charge is -2.31. The number of nitrogens with zero attached hydrogens (tertiary/aromatic N) is 5. The van der Waals surface area contributed by atoms with E-state index in [1.54, 1.807) is 24.7 Å². The van der Waals surface area contributed by atoms with E-state index in [1.807, 2.05) is 36.7 Å². The number of anilines is 4. The molecule has 1 aromatic carbocycles. The first kappa shape index (κ1) is 24.0. The Bertz CT molecular complexity index is 1380. The molecule has 0 aliphatic carbocycles. The fourth-order valence-corrected chi connectivity index (χ4v) is 6.71. The van der Waals surface area contributed by atoms with Crippen LogP contribution in [0.3, 0.4) is 0 Å². The Morgan fingerprint density at radius 3 is 2.66 bits per heavy atom. The highest BCUT2D eigenvalue weighted by atomic mass is 32.1. The first-order chi connectivity index (χ1) is 16.8. The smallest absolute Gasteiger partial charge is 0.230 e. The van der Waals surface area contributed by atoms with Gasteiger partial charge in [0.25, 0.3) is 0 Å². The van der Waals surface area contributed by atoms with Gasteiger partial charge < -0.3 is 20.1 Å². The zero-order valence-corrected chi connectivity index (χ0v) is 22.4. The van der Waals surface area contributed by atoms with Crippen LogP contribution in [0, 0.1) is 6.92 Å². The van der Waals surface area contributed by atoms with Gasteiger partial charge in [-0.2, -0.15) is 10.1 Å². The number of likely N-dealkylation sites (tertiary alicyclic amines) is 1. The van der Waals surface area contributed by atoms with Crippen LogP contribution in [0.1, 0.15) is 31.4 Å². The molecule has 4 aromatic rings. The quantitative estimate of drug-likeness (QED) is 0.314. The number of nitrogens with one attached hydrogen (secondary N) is 2. The third kappa shape index (κ3) is 5.13. The molecule has 0 amide bonds. The molecule has 0 radical (unpaired) electrons. The molecule has 35 heavy (non-hydrogen) atoms. The summed E-state index contributed by atoms with van der Waals surface area (Å²) < 4.78 is 15.0. The molecule has 184 valence electrons. The van der Waals surface area contributed by atoms with Crippen LogP contribution in [0.4, 0.5) is 23.1 Å². The summed E-state index contributed by atoms with van der Waals surface area (Å²) in [6, 6.07) is 8.15. The van der Waals surface area contributed by atoms with E-state index in [9.17, 15) is 4.57 Å². The minimum atomic E-state index is -2.47. The molecule has 10 heteroatoms. The number of benzene rings is 1. The molecule has 2 N–H and O–H groups in total. The van der Waals surface area contributed by atoms with Crippen molar-refractivity contribution < 1.29 is 4.57 Å². The summed E-state index contributed by atoms with van der Waals surface area (Å²) >= 11 is 1.59. The van der Waals surface area contributed by atoms with Crippen molar-refractivity contribution in [3.63, 3.8) is 0 Å². The maximum absolute atomic E-state index is 12.9. The van der Waals surface area contributed by atoms with Crippen LogP contribution in [0.2, 0.25) is 0 Å². The van der Waals surface area contributed by atoms with Crippen LogP contribution >= 0.6 is 18.5 Å². The van der Waals surface area contributed by atoms with Gasteiger partial charge in [-0.3, -0.25) is 4.68 Å². The van der Waals surface area contributed by atoms with Crippen LogP contribution in [0.15, 0.2) is 42.0 Å². The number of fused-ring (bicyclic) bond motifs is 1. The maximum atomic E-state index is 12.9. The van der Waals surface area contributed by atoms with Crippen LogP contribution < -0.4 is 15.9 Å². The molecule has 1 fully saturated rings. The summed E-state index contributed by atoms with van der Waals surface area (Å²) in [6.07, 6.45) is 6.11. The lowest BCUT2D eigenvalue weighted by Crippen LogP contribution is -2.34. The largest absolute Gasteiger partial charge is 0.339 e. The highest BCUT2D eigenvalue weighted by molar-refractivity contribution is 7.70. The molecule has 0 saturated carbocycles. The fourth-order valence-electron chi connectivity index (χ4n) is 4.64. The Kier molecular flexibility index (Phi) is 6.66. The highest BCUT2D eigenvalue weighted by Crippen LogP contribution is 2.39. The topological polar surface area (TPSA) is 88.0 Å². The molecule has 1 aliphatic heterocycles. The molecule has 3 aromatic heterocycles. The van der Waals surface area contributed by atoms with E-state index in [0.717, 1.165) is 64.9 Å². The van der Waals surface area contributed by atoms with Gasteiger partial charge in [0.05, 0.1) is 29.0 Å². The predicted octanol–water partition coefficient (Wildman–Crippen LogP) is 5.59. The van der Waals surface area contributed by atoms with Gasteiger partial charge in [0.1, 0.15) is 17.8 Å². The predicted molar refractivity (Wildman–Crippen MR) is 147 cm³/mol. The summed E-state index contributed by atoms with van der Waals surface area (Å²) in [4.78, 5) is 13.0. The number of hydrogen-bond acceptors (Lipinski definition) is 8. The number of para-hydroxylation sites is 1. The van der Waals surface area contributed by atoms with Gasteiger partial charge in [0.15, 0.2) is 0 Å². The SMILES string of the molecule is CCN1CCC(n2cc(Nc3nc(Nc4ccccc4P(C)(C)=O)c4c(C)csc4n3)cn2)CC1. The molecular formula is C25H32N7OPS. The molecular weight excluding hydrogens is 477 g/mol. The molecule has 0 spiro atoms.